The maximum atomic E-state index is 12.5. The van der Waals surface area contributed by atoms with Gasteiger partial charge in [0.25, 0.3) is 0 Å². The first-order valence-corrected chi connectivity index (χ1v) is 12.0. The molecule has 166 valence electrons. The number of nitrogens with zero attached hydrogens (tertiary/aromatic N) is 1. The zero-order valence-electron chi connectivity index (χ0n) is 17.6. The molecule has 2 aromatic rings. The number of benzene rings is 1. The fraction of sp³-hybridized carbons (Fsp3) is 0.409. The van der Waals surface area contributed by atoms with Crippen LogP contribution in [0.3, 0.4) is 0 Å². The minimum absolute atomic E-state index is 0.139. The highest BCUT2D eigenvalue weighted by Crippen LogP contribution is 2.38. The van der Waals surface area contributed by atoms with E-state index in [2.05, 4.69) is 5.32 Å². The van der Waals surface area contributed by atoms with Crippen molar-refractivity contribution in [3.63, 3.8) is 0 Å². The minimum atomic E-state index is -0.475. The summed E-state index contributed by atoms with van der Waals surface area (Å²) in [5.74, 6) is 0.216. The summed E-state index contributed by atoms with van der Waals surface area (Å²) < 4.78 is 10.0. The van der Waals surface area contributed by atoms with Crippen LogP contribution in [0.2, 0.25) is 0 Å². The van der Waals surface area contributed by atoms with E-state index in [-0.39, 0.29) is 12.0 Å². The highest BCUT2D eigenvalue weighted by molar-refractivity contribution is 7.99. The molecule has 0 radical (unpaired) electrons. The van der Waals surface area contributed by atoms with Gasteiger partial charge in [0, 0.05) is 22.7 Å². The smallest absolute Gasteiger partial charge is 0.410 e. The number of nitrogens with one attached hydrogen (secondary N) is 1. The molecule has 0 atom stereocenters. The van der Waals surface area contributed by atoms with Crippen LogP contribution in [0.1, 0.15) is 40.6 Å². The molecular formula is C22H26N2O5S2. The van der Waals surface area contributed by atoms with Gasteiger partial charge in [-0.15, -0.1) is 23.1 Å². The van der Waals surface area contributed by atoms with Crippen LogP contribution in [0.4, 0.5) is 9.80 Å². The monoisotopic (exact) mass is 462 g/mol. The Balaban J connectivity index is 1.63. The maximum absolute atomic E-state index is 12.5. The molecule has 31 heavy (non-hydrogen) atoms. The normalized spacial score (nSPS) is 12.8. The van der Waals surface area contributed by atoms with Gasteiger partial charge in [0.15, 0.2) is 0 Å². The number of esters is 1. The van der Waals surface area contributed by atoms with Gasteiger partial charge in [-0.1, -0.05) is 18.2 Å². The third kappa shape index (κ3) is 6.01. The summed E-state index contributed by atoms with van der Waals surface area (Å²) in [5.41, 5.74) is 1.24. The van der Waals surface area contributed by atoms with Crippen LogP contribution in [-0.2, 0) is 27.2 Å². The van der Waals surface area contributed by atoms with Gasteiger partial charge in [-0.3, -0.25) is 4.79 Å². The van der Waals surface area contributed by atoms with Gasteiger partial charge in [0.2, 0.25) is 5.91 Å². The molecule has 0 bridgehead atoms. The lowest BCUT2D eigenvalue weighted by Crippen LogP contribution is -2.36. The Morgan fingerprint density at radius 1 is 1.23 bits per heavy atom. The number of hydrogen-bond acceptors (Lipinski definition) is 7. The molecular weight excluding hydrogens is 436 g/mol. The lowest BCUT2D eigenvalue weighted by molar-refractivity contribution is -0.116. The number of hydrogen-bond donors (Lipinski definition) is 1. The average Bonchev–Trinajstić information content (AvgIpc) is 3.14. The zero-order valence-corrected chi connectivity index (χ0v) is 19.3. The Labute approximate surface area is 190 Å². The molecule has 0 unspecified atom stereocenters. The third-order valence-corrected chi connectivity index (χ3v) is 7.02. The predicted octanol–water partition coefficient (Wildman–Crippen LogP) is 4.56. The average molecular weight is 463 g/mol. The number of carbonyl (C=O) groups is 3. The topological polar surface area (TPSA) is 84.9 Å². The molecule has 1 aromatic heterocycles. The van der Waals surface area contributed by atoms with E-state index >= 15 is 0 Å². The van der Waals surface area contributed by atoms with Crippen LogP contribution in [0, 0.1) is 0 Å². The van der Waals surface area contributed by atoms with Gasteiger partial charge in [-0.2, -0.15) is 0 Å². The number of methoxy groups -OCH3 is 1. The Hall–Kier alpha value is -2.52. The number of fused-ring (bicyclic) bond motifs is 1. The first-order chi connectivity index (χ1) is 15.0. The largest absolute Gasteiger partial charge is 0.465 e. The van der Waals surface area contributed by atoms with Crippen LogP contribution in [0.15, 0.2) is 35.2 Å². The summed E-state index contributed by atoms with van der Waals surface area (Å²) in [6.07, 6.45) is 1.22. The quantitative estimate of drug-likeness (QED) is 0.352. The lowest BCUT2D eigenvalue weighted by atomic mass is 10.0. The standard InChI is InChI=1S/C22H26N2O5S2/c1-3-29-22(27)24-12-11-16-17(14-24)31-20(19(16)21(26)28-2)23-18(25)10-7-13-30-15-8-5-4-6-9-15/h4-6,8-9H,3,7,10-14H2,1-2H3,(H,23,25). The second-order valence-corrected chi connectivity index (χ2v) is 9.16. The van der Waals surface area contributed by atoms with Gasteiger partial charge in [0.1, 0.15) is 5.00 Å². The summed E-state index contributed by atoms with van der Waals surface area (Å²) in [6.45, 7) is 2.88. The van der Waals surface area contributed by atoms with Crippen LogP contribution >= 0.6 is 23.1 Å². The van der Waals surface area contributed by atoms with Crippen molar-refractivity contribution in [2.45, 2.75) is 37.6 Å². The van der Waals surface area contributed by atoms with Crippen molar-refractivity contribution >= 4 is 46.1 Å². The van der Waals surface area contributed by atoms with E-state index in [1.54, 1.807) is 23.6 Å². The number of ether oxygens (including phenoxy) is 2. The van der Waals surface area contributed by atoms with Crippen molar-refractivity contribution in [1.29, 1.82) is 0 Å². The third-order valence-electron chi connectivity index (χ3n) is 4.79. The Bertz CT molecular complexity index is 929. The second kappa shape index (κ2) is 11.2. The molecule has 0 saturated heterocycles. The first-order valence-electron chi connectivity index (χ1n) is 10.2. The Morgan fingerprint density at radius 3 is 2.71 bits per heavy atom. The number of amides is 2. The zero-order chi connectivity index (χ0) is 22.2. The molecule has 3 rings (SSSR count). The van der Waals surface area contributed by atoms with Crippen LogP contribution < -0.4 is 5.32 Å². The molecule has 0 spiro atoms. The highest BCUT2D eigenvalue weighted by atomic mass is 32.2. The van der Waals surface area contributed by atoms with Crippen molar-refractivity contribution < 1.29 is 23.9 Å². The molecule has 1 N–H and O–H groups in total. The summed E-state index contributed by atoms with van der Waals surface area (Å²) in [4.78, 5) is 40.6. The summed E-state index contributed by atoms with van der Waals surface area (Å²) in [7, 11) is 1.33. The van der Waals surface area contributed by atoms with Gasteiger partial charge >= 0.3 is 12.1 Å². The molecule has 1 aromatic carbocycles. The first kappa shape index (κ1) is 23.1. The molecule has 2 heterocycles. The molecule has 0 aliphatic carbocycles. The van der Waals surface area contributed by atoms with E-state index in [0.717, 1.165) is 22.6 Å². The Kier molecular flexibility index (Phi) is 8.36. The predicted molar refractivity (Wildman–Crippen MR) is 122 cm³/mol. The molecule has 2 amide bonds. The van der Waals surface area contributed by atoms with Gasteiger partial charge < -0.3 is 19.7 Å². The van der Waals surface area contributed by atoms with Crippen molar-refractivity contribution in [1.82, 2.24) is 4.90 Å². The van der Waals surface area contributed by atoms with Gasteiger partial charge in [-0.25, -0.2) is 9.59 Å². The van der Waals surface area contributed by atoms with Crippen LogP contribution in [0.5, 0.6) is 0 Å². The number of thioether (sulfide) groups is 1. The van der Waals surface area contributed by atoms with Crippen molar-refractivity contribution in [2.75, 3.05) is 31.3 Å². The van der Waals surface area contributed by atoms with E-state index in [1.807, 2.05) is 30.3 Å². The van der Waals surface area contributed by atoms with Crippen molar-refractivity contribution in [3.05, 3.63) is 46.3 Å². The number of thiophene rings is 1. The van der Waals surface area contributed by atoms with E-state index in [1.165, 1.54) is 23.3 Å². The number of anilines is 1. The van der Waals surface area contributed by atoms with Crippen molar-refractivity contribution in [3.8, 4) is 0 Å². The number of carbonyl (C=O) groups excluding carboxylic acids is 3. The second-order valence-electron chi connectivity index (χ2n) is 6.88. The highest BCUT2D eigenvalue weighted by Gasteiger charge is 2.31. The van der Waals surface area contributed by atoms with E-state index in [4.69, 9.17) is 9.47 Å². The Morgan fingerprint density at radius 2 is 2.00 bits per heavy atom. The molecule has 9 heteroatoms. The lowest BCUT2D eigenvalue weighted by Gasteiger charge is -2.26. The van der Waals surface area contributed by atoms with E-state index < -0.39 is 5.97 Å². The molecule has 1 aliphatic rings. The summed E-state index contributed by atoms with van der Waals surface area (Å²) in [5, 5.41) is 3.37. The summed E-state index contributed by atoms with van der Waals surface area (Å²) in [6, 6.07) is 10.0. The number of rotatable bonds is 8. The van der Waals surface area contributed by atoms with Crippen LogP contribution in [-0.4, -0.2) is 48.9 Å². The van der Waals surface area contributed by atoms with Gasteiger partial charge in [-0.05, 0) is 43.2 Å². The summed E-state index contributed by atoms with van der Waals surface area (Å²) >= 11 is 3.03. The fourth-order valence-corrected chi connectivity index (χ4v) is 5.45. The molecule has 0 fully saturated rings. The molecule has 7 nitrogen and oxygen atoms in total. The molecule has 1 aliphatic heterocycles. The minimum Gasteiger partial charge on any atom is -0.465 e. The maximum Gasteiger partial charge on any atom is 0.410 e. The molecule has 0 saturated carbocycles. The van der Waals surface area contributed by atoms with Crippen LogP contribution in [0.25, 0.3) is 0 Å². The van der Waals surface area contributed by atoms with Crippen molar-refractivity contribution in [2.24, 2.45) is 0 Å². The SMILES string of the molecule is CCOC(=O)N1CCc2c(sc(NC(=O)CCCSc3ccccc3)c2C(=O)OC)C1. The van der Waals surface area contributed by atoms with Gasteiger partial charge in [0.05, 0.1) is 25.8 Å². The fourth-order valence-electron chi connectivity index (χ4n) is 3.31. The van der Waals surface area contributed by atoms with E-state index in [0.29, 0.717) is 43.1 Å². The van der Waals surface area contributed by atoms with E-state index in [9.17, 15) is 14.4 Å².